The molecule has 0 spiro atoms. The van der Waals surface area contributed by atoms with E-state index in [9.17, 15) is 0 Å². The Hall–Kier alpha value is -2.84. The molecule has 6 nitrogen and oxygen atoms in total. The van der Waals surface area contributed by atoms with Crippen LogP contribution in [0.15, 0.2) is 73.2 Å². The maximum absolute atomic E-state index is 15.9. The summed E-state index contributed by atoms with van der Waals surface area (Å²) < 4.78 is 35.9. The van der Waals surface area contributed by atoms with Crippen LogP contribution in [-0.4, -0.2) is 39.5 Å². The highest BCUT2D eigenvalue weighted by molar-refractivity contribution is 6.33. The van der Waals surface area contributed by atoms with Crippen molar-refractivity contribution >= 4 is 22.6 Å². The van der Waals surface area contributed by atoms with Gasteiger partial charge in [0, 0.05) is 18.8 Å². The van der Waals surface area contributed by atoms with Crippen molar-refractivity contribution in [2.24, 2.45) is 7.05 Å². The van der Waals surface area contributed by atoms with Crippen LogP contribution in [0.4, 0.5) is 4.39 Å². The Morgan fingerprint density at radius 1 is 1.00 bits per heavy atom. The predicted molar refractivity (Wildman–Crippen MR) is 127 cm³/mol. The molecule has 34 heavy (non-hydrogen) atoms. The second-order valence-corrected chi connectivity index (χ2v) is 8.72. The number of hydrogen-bond acceptors (Lipinski definition) is 5. The highest BCUT2D eigenvalue weighted by Crippen LogP contribution is 2.41. The number of alkyl halides is 1. The van der Waals surface area contributed by atoms with Crippen molar-refractivity contribution in [3.05, 3.63) is 95.0 Å². The SMILES string of the molecule is Cn1cc([C@@H]2O[C@H](COCc3ccccc3)[C@@H](OCc3ccccc3)[C@H]2F)c2ncnc(Cl)c21. The van der Waals surface area contributed by atoms with E-state index in [2.05, 4.69) is 9.97 Å². The molecule has 176 valence electrons. The van der Waals surface area contributed by atoms with Crippen LogP contribution in [0.25, 0.3) is 11.0 Å². The molecule has 1 fully saturated rings. The van der Waals surface area contributed by atoms with Gasteiger partial charge in [-0.25, -0.2) is 14.4 Å². The lowest BCUT2D eigenvalue weighted by atomic mass is 10.0. The number of rotatable bonds is 8. The molecule has 0 amide bonds. The highest BCUT2D eigenvalue weighted by Gasteiger charge is 2.48. The Morgan fingerprint density at radius 3 is 2.38 bits per heavy atom. The minimum Gasteiger partial charge on any atom is -0.374 e. The van der Waals surface area contributed by atoms with E-state index in [1.54, 1.807) is 10.8 Å². The minimum atomic E-state index is -1.41. The van der Waals surface area contributed by atoms with E-state index in [1.165, 1.54) is 6.33 Å². The number of aromatic nitrogens is 3. The molecular formula is C26H25ClFN3O3. The van der Waals surface area contributed by atoms with Gasteiger partial charge in [0.25, 0.3) is 0 Å². The quantitative estimate of drug-likeness (QED) is 0.324. The lowest BCUT2D eigenvalue weighted by Crippen LogP contribution is -2.34. The van der Waals surface area contributed by atoms with Gasteiger partial charge in [0.2, 0.25) is 0 Å². The summed E-state index contributed by atoms with van der Waals surface area (Å²) in [6, 6.07) is 19.5. The molecule has 0 saturated carbocycles. The average Bonchev–Trinajstić information content (AvgIpc) is 3.36. The van der Waals surface area contributed by atoms with E-state index in [0.29, 0.717) is 28.4 Å². The first kappa shape index (κ1) is 22.9. The first-order valence-electron chi connectivity index (χ1n) is 11.1. The minimum absolute atomic E-state index is 0.200. The molecule has 0 radical (unpaired) electrons. The van der Waals surface area contributed by atoms with Gasteiger partial charge >= 0.3 is 0 Å². The fourth-order valence-electron chi connectivity index (χ4n) is 4.35. The zero-order chi connectivity index (χ0) is 23.5. The summed E-state index contributed by atoms with van der Waals surface area (Å²) in [5.41, 5.74) is 3.83. The van der Waals surface area contributed by atoms with Gasteiger partial charge in [-0.15, -0.1) is 0 Å². The van der Waals surface area contributed by atoms with Crippen molar-refractivity contribution in [1.82, 2.24) is 14.5 Å². The molecular weight excluding hydrogens is 457 g/mol. The van der Waals surface area contributed by atoms with Crippen molar-refractivity contribution in [1.29, 1.82) is 0 Å². The number of hydrogen-bond donors (Lipinski definition) is 0. The lowest BCUT2D eigenvalue weighted by Gasteiger charge is -2.20. The van der Waals surface area contributed by atoms with Crippen molar-refractivity contribution < 1.29 is 18.6 Å². The van der Waals surface area contributed by atoms with E-state index in [4.69, 9.17) is 25.8 Å². The van der Waals surface area contributed by atoms with Crippen LogP contribution in [0.2, 0.25) is 5.15 Å². The molecule has 0 aliphatic carbocycles. The molecule has 4 aromatic rings. The van der Waals surface area contributed by atoms with Gasteiger partial charge in [0.05, 0.1) is 25.3 Å². The number of halogens is 2. The Bertz CT molecular complexity index is 1240. The third kappa shape index (κ3) is 4.70. The van der Waals surface area contributed by atoms with Crippen LogP contribution < -0.4 is 0 Å². The largest absolute Gasteiger partial charge is 0.374 e. The van der Waals surface area contributed by atoms with E-state index in [-0.39, 0.29) is 13.2 Å². The average molecular weight is 482 g/mol. The summed E-state index contributed by atoms with van der Waals surface area (Å²) in [7, 11) is 1.83. The third-order valence-electron chi connectivity index (χ3n) is 6.01. The Labute approximate surface area is 202 Å². The molecule has 2 aromatic heterocycles. The molecule has 8 heteroatoms. The summed E-state index contributed by atoms with van der Waals surface area (Å²) >= 11 is 6.27. The lowest BCUT2D eigenvalue weighted by molar-refractivity contribution is -0.0736. The molecule has 1 aliphatic heterocycles. The Balaban J connectivity index is 1.37. The number of fused-ring (bicyclic) bond motifs is 1. The zero-order valence-electron chi connectivity index (χ0n) is 18.7. The molecule has 0 bridgehead atoms. The van der Waals surface area contributed by atoms with Crippen LogP contribution in [0.1, 0.15) is 22.8 Å². The number of aryl methyl sites for hydroxylation is 1. The van der Waals surface area contributed by atoms with Crippen molar-refractivity contribution in [2.75, 3.05) is 6.61 Å². The van der Waals surface area contributed by atoms with Gasteiger partial charge in [-0.1, -0.05) is 72.3 Å². The zero-order valence-corrected chi connectivity index (χ0v) is 19.4. The fourth-order valence-corrected chi connectivity index (χ4v) is 4.62. The van der Waals surface area contributed by atoms with Crippen LogP contribution in [0.3, 0.4) is 0 Å². The van der Waals surface area contributed by atoms with E-state index < -0.39 is 24.5 Å². The topological polar surface area (TPSA) is 58.4 Å². The van der Waals surface area contributed by atoms with Crippen LogP contribution in [0.5, 0.6) is 0 Å². The standard InChI is InChI=1S/C26H25ClFN3O3/c1-31-12-19(22-23(31)26(27)30-16-29-22)24-21(28)25(33-14-18-10-6-3-7-11-18)20(34-24)15-32-13-17-8-4-2-5-9-17/h2-12,16,20-21,24-25H,13-15H2,1H3/t20-,21+,24+,25-/m1/s1. The molecule has 1 saturated heterocycles. The maximum atomic E-state index is 15.9. The summed E-state index contributed by atoms with van der Waals surface area (Å²) in [6.07, 6.45) is -0.480. The third-order valence-corrected chi connectivity index (χ3v) is 6.29. The summed E-state index contributed by atoms with van der Waals surface area (Å²) in [4.78, 5) is 8.40. The van der Waals surface area contributed by atoms with Gasteiger partial charge in [-0.3, -0.25) is 0 Å². The van der Waals surface area contributed by atoms with Gasteiger partial charge < -0.3 is 18.8 Å². The van der Waals surface area contributed by atoms with Gasteiger partial charge in [0.15, 0.2) is 11.3 Å². The first-order valence-corrected chi connectivity index (χ1v) is 11.5. The van der Waals surface area contributed by atoms with Gasteiger partial charge in [0.1, 0.15) is 30.2 Å². The van der Waals surface area contributed by atoms with E-state index >= 15 is 4.39 Å². The molecule has 0 N–H and O–H groups in total. The van der Waals surface area contributed by atoms with Crippen molar-refractivity contribution in [3.63, 3.8) is 0 Å². The van der Waals surface area contributed by atoms with Gasteiger partial charge in [-0.05, 0) is 11.1 Å². The smallest absolute Gasteiger partial charge is 0.159 e. The fraction of sp³-hybridized carbons (Fsp3) is 0.308. The second-order valence-electron chi connectivity index (χ2n) is 8.36. The molecule has 4 atom stereocenters. The molecule has 5 rings (SSSR count). The molecule has 2 aromatic carbocycles. The van der Waals surface area contributed by atoms with E-state index in [0.717, 1.165) is 11.1 Å². The summed E-state index contributed by atoms with van der Waals surface area (Å²) in [5.74, 6) is 0. The van der Waals surface area contributed by atoms with Crippen LogP contribution in [0, 0.1) is 0 Å². The Kier molecular flexibility index (Phi) is 6.87. The van der Waals surface area contributed by atoms with Crippen molar-refractivity contribution in [2.45, 2.75) is 37.7 Å². The van der Waals surface area contributed by atoms with E-state index in [1.807, 2.05) is 67.7 Å². The van der Waals surface area contributed by atoms with Crippen molar-refractivity contribution in [3.8, 4) is 0 Å². The second kappa shape index (κ2) is 10.2. The number of benzene rings is 2. The predicted octanol–water partition coefficient (Wildman–Crippen LogP) is 5.20. The first-order chi connectivity index (χ1) is 16.6. The highest BCUT2D eigenvalue weighted by atomic mass is 35.5. The maximum Gasteiger partial charge on any atom is 0.159 e. The normalized spacial score (nSPS) is 22.4. The van der Waals surface area contributed by atoms with Crippen LogP contribution in [-0.2, 0) is 34.5 Å². The molecule has 3 heterocycles. The number of ether oxygens (including phenoxy) is 3. The number of nitrogens with zero attached hydrogens (tertiary/aromatic N) is 3. The van der Waals surface area contributed by atoms with Gasteiger partial charge in [-0.2, -0.15) is 0 Å². The summed E-state index contributed by atoms with van der Waals surface area (Å²) in [5, 5.41) is 0.312. The molecule has 0 unspecified atom stereocenters. The van der Waals surface area contributed by atoms with Crippen LogP contribution >= 0.6 is 11.6 Å². The Morgan fingerprint density at radius 2 is 1.68 bits per heavy atom. The summed E-state index contributed by atoms with van der Waals surface area (Å²) in [6.45, 7) is 0.886. The monoisotopic (exact) mass is 481 g/mol. The molecule has 1 aliphatic rings.